The first kappa shape index (κ1) is 25.7. The third-order valence-corrected chi connectivity index (χ3v) is 7.10. The number of amides is 1. The van der Waals surface area contributed by atoms with Gasteiger partial charge in [-0.25, -0.2) is 8.78 Å². The van der Waals surface area contributed by atoms with Gasteiger partial charge in [0.2, 0.25) is 0 Å². The number of rotatable bonds is 4. The maximum atomic E-state index is 14.0. The minimum absolute atomic E-state index is 0.0305. The summed E-state index contributed by atoms with van der Waals surface area (Å²) in [5, 5.41) is 0.859. The molecule has 0 saturated carbocycles. The van der Waals surface area contributed by atoms with Gasteiger partial charge < -0.3 is 19.0 Å². The molecule has 0 aliphatic carbocycles. The van der Waals surface area contributed by atoms with Crippen molar-refractivity contribution < 1.29 is 35.9 Å². The highest BCUT2D eigenvalue weighted by Crippen LogP contribution is 2.43. The lowest BCUT2D eigenvalue weighted by atomic mass is 9.95. The van der Waals surface area contributed by atoms with E-state index in [1.54, 1.807) is 13.2 Å². The maximum Gasteiger partial charge on any atom is 0.417 e. The number of nitrogens with one attached hydrogen (secondary N) is 1. The van der Waals surface area contributed by atoms with Crippen LogP contribution < -0.4 is 4.74 Å². The van der Waals surface area contributed by atoms with Crippen LogP contribution in [0.2, 0.25) is 0 Å². The number of aromatic nitrogens is 1. The third kappa shape index (κ3) is 4.39. The first-order valence-corrected chi connectivity index (χ1v) is 12.4. The monoisotopic (exact) mass is 552 g/mol. The molecule has 1 atom stereocenters. The number of H-pyrrole nitrogens is 1. The highest BCUT2D eigenvalue weighted by atomic mass is 19.4. The largest absolute Gasteiger partial charge is 0.497 e. The summed E-state index contributed by atoms with van der Waals surface area (Å²) >= 11 is 0. The van der Waals surface area contributed by atoms with Crippen molar-refractivity contribution in [1.82, 2.24) is 9.88 Å². The Labute approximate surface area is 224 Å². The molecule has 0 spiro atoms. The van der Waals surface area contributed by atoms with Gasteiger partial charge in [0.25, 0.3) is 5.91 Å². The molecule has 0 saturated heterocycles. The molecule has 3 heterocycles. The highest BCUT2D eigenvalue weighted by molar-refractivity contribution is 5.95. The van der Waals surface area contributed by atoms with E-state index in [4.69, 9.17) is 9.15 Å². The Morgan fingerprint density at radius 2 is 1.75 bits per heavy atom. The number of methoxy groups -OCH3 is 1. The van der Waals surface area contributed by atoms with E-state index in [9.17, 15) is 26.7 Å². The summed E-state index contributed by atoms with van der Waals surface area (Å²) in [4.78, 5) is 18.4. The van der Waals surface area contributed by atoms with Crippen molar-refractivity contribution >= 4 is 16.8 Å². The SMILES string of the molecule is COc1ccc2[nH]c3c(c2c1)CCN(C(=O)c1cc(F)cc(F)c1)[C@@H]3c1ccc(-c2ccccc2C(F)(F)F)o1. The van der Waals surface area contributed by atoms with Crippen LogP contribution in [0.4, 0.5) is 22.0 Å². The lowest BCUT2D eigenvalue weighted by Gasteiger charge is -2.35. The molecule has 3 aromatic carbocycles. The van der Waals surface area contributed by atoms with Gasteiger partial charge in [0.15, 0.2) is 0 Å². The fraction of sp³-hybridized carbons (Fsp3) is 0.167. The fourth-order valence-corrected chi connectivity index (χ4v) is 5.34. The molecule has 1 amide bonds. The van der Waals surface area contributed by atoms with Gasteiger partial charge in [-0.2, -0.15) is 13.2 Å². The van der Waals surface area contributed by atoms with Crippen molar-refractivity contribution in [3.05, 3.63) is 113 Å². The van der Waals surface area contributed by atoms with Crippen LogP contribution in [0, 0.1) is 11.6 Å². The van der Waals surface area contributed by atoms with Gasteiger partial charge in [-0.1, -0.05) is 18.2 Å². The summed E-state index contributed by atoms with van der Waals surface area (Å²) in [6.45, 7) is 0.161. The van der Waals surface area contributed by atoms with Gasteiger partial charge in [-0.3, -0.25) is 4.79 Å². The first-order valence-electron chi connectivity index (χ1n) is 12.4. The Kier molecular flexibility index (Phi) is 6.13. The number of carbonyl (C=O) groups is 1. The molecule has 2 aromatic heterocycles. The number of furan rings is 1. The number of nitrogens with zero attached hydrogens (tertiary/aromatic N) is 1. The van der Waals surface area contributed by atoms with E-state index in [0.717, 1.165) is 34.7 Å². The Bertz CT molecular complexity index is 1730. The van der Waals surface area contributed by atoms with E-state index in [0.29, 0.717) is 23.9 Å². The van der Waals surface area contributed by atoms with Crippen LogP contribution in [0.15, 0.2) is 77.2 Å². The smallest absolute Gasteiger partial charge is 0.417 e. The summed E-state index contributed by atoms with van der Waals surface area (Å²) in [6.07, 6.45) is -4.20. The molecular formula is C30H21F5N2O3. The Hall–Kier alpha value is -4.60. The van der Waals surface area contributed by atoms with Crippen LogP contribution in [0.1, 0.15) is 39.0 Å². The van der Waals surface area contributed by atoms with E-state index in [2.05, 4.69) is 4.98 Å². The number of benzene rings is 3. The van der Waals surface area contributed by atoms with Gasteiger partial charge in [-0.15, -0.1) is 0 Å². The molecule has 0 unspecified atom stereocenters. The minimum atomic E-state index is -4.61. The van der Waals surface area contributed by atoms with Gasteiger partial charge >= 0.3 is 6.18 Å². The number of hydrogen-bond acceptors (Lipinski definition) is 3. The van der Waals surface area contributed by atoms with Crippen LogP contribution in [-0.4, -0.2) is 29.4 Å². The summed E-state index contributed by atoms with van der Waals surface area (Å²) in [7, 11) is 1.55. The normalized spacial score (nSPS) is 15.3. The van der Waals surface area contributed by atoms with Gasteiger partial charge in [0.1, 0.15) is 34.9 Å². The van der Waals surface area contributed by atoms with Crippen molar-refractivity contribution in [2.24, 2.45) is 0 Å². The van der Waals surface area contributed by atoms with Crippen molar-refractivity contribution in [2.75, 3.05) is 13.7 Å². The minimum Gasteiger partial charge on any atom is -0.497 e. The van der Waals surface area contributed by atoms with Crippen LogP contribution in [0.5, 0.6) is 5.75 Å². The van der Waals surface area contributed by atoms with E-state index in [1.807, 2.05) is 12.1 Å². The van der Waals surface area contributed by atoms with E-state index in [1.165, 1.54) is 35.2 Å². The Balaban J connectivity index is 1.50. The quantitative estimate of drug-likeness (QED) is 0.235. The lowest BCUT2D eigenvalue weighted by Crippen LogP contribution is -2.40. The summed E-state index contributed by atoms with van der Waals surface area (Å²) in [5.74, 6) is -1.67. The lowest BCUT2D eigenvalue weighted by molar-refractivity contribution is -0.137. The van der Waals surface area contributed by atoms with Crippen LogP contribution >= 0.6 is 0 Å². The topological polar surface area (TPSA) is 58.5 Å². The number of halogens is 5. The molecule has 5 aromatic rings. The molecule has 0 radical (unpaired) electrons. The zero-order valence-electron chi connectivity index (χ0n) is 21.0. The molecule has 0 fully saturated rings. The van der Waals surface area contributed by atoms with E-state index < -0.39 is 35.3 Å². The molecule has 40 heavy (non-hydrogen) atoms. The van der Waals surface area contributed by atoms with Crippen molar-refractivity contribution in [3.8, 4) is 17.1 Å². The molecule has 204 valence electrons. The third-order valence-electron chi connectivity index (χ3n) is 7.10. The predicted molar refractivity (Wildman–Crippen MR) is 137 cm³/mol. The number of hydrogen-bond donors (Lipinski definition) is 1. The second kappa shape index (κ2) is 9.55. The number of fused-ring (bicyclic) bond motifs is 3. The van der Waals surface area contributed by atoms with Crippen LogP contribution in [0.25, 0.3) is 22.2 Å². The van der Waals surface area contributed by atoms with Crippen LogP contribution in [0.3, 0.4) is 0 Å². The van der Waals surface area contributed by atoms with Gasteiger partial charge in [0.05, 0.1) is 18.4 Å². The number of alkyl halides is 3. The number of carbonyl (C=O) groups excluding carboxylic acids is 1. The fourth-order valence-electron chi connectivity index (χ4n) is 5.34. The second-order valence-electron chi connectivity index (χ2n) is 9.48. The van der Waals surface area contributed by atoms with Crippen molar-refractivity contribution in [3.63, 3.8) is 0 Å². The average molecular weight is 552 g/mol. The molecule has 10 heteroatoms. The predicted octanol–water partition coefficient (Wildman–Crippen LogP) is 7.52. The van der Waals surface area contributed by atoms with E-state index >= 15 is 0 Å². The van der Waals surface area contributed by atoms with Gasteiger partial charge in [0, 0.05) is 34.6 Å². The zero-order chi connectivity index (χ0) is 28.2. The molecule has 1 aliphatic heterocycles. The molecule has 1 aliphatic rings. The molecule has 5 nitrogen and oxygen atoms in total. The second-order valence-corrected chi connectivity index (χ2v) is 9.48. The summed E-state index contributed by atoms with van der Waals surface area (Å²) < 4.78 is 80.6. The van der Waals surface area contributed by atoms with Crippen molar-refractivity contribution in [2.45, 2.75) is 18.6 Å². The Morgan fingerprint density at radius 3 is 2.48 bits per heavy atom. The molecular weight excluding hydrogens is 531 g/mol. The number of aromatic amines is 1. The maximum absolute atomic E-state index is 14.0. The summed E-state index contributed by atoms with van der Waals surface area (Å²) in [5.41, 5.74) is 1.02. The zero-order valence-corrected chi connectivity index (χ0v) is 21.0. The molecule has 6 rings (SSSR count). The average Bonchev–Trinajstić information content (AvgIpc) is 3.56. The standard InChI is InChI=1S/C30H21F5N2O3/c1-39-19-6-7-24-22(15-19)20-10-11-37(29(38)16-12-17(31)14-18(32)13-16)28(27(20)36-24)26-9-8-25(40-26)21-4-2-3-5-23(21)30(33,34)35/h2-9,12-15,28,36H,10-11H2,1H3/t28-/m1/s1. The Morgan fingerprint density at radius 1 is 1.00 bits per heavy atom. The number of ether oxygens (including phenoxy) is 1. The van der Waals surface area contributed by atoms with Gasteiger partial charge in [-0.05, 0) is 60.5 Å². The van der Waals surface area contributed by atoms with E-state index in [-0.39, 0.29) is 29.2 Å². The molecule has 1 N–H and O–H groups in total. The first-order chi connectivity index (χ1) is 19.1. The van der Waals surface area contributed by atoms with Crippen molar-refractivity contribution in [1.29, 1.82) is 0 Å². The van der Waals surface area contributed by atoms with Crippen LogP contribution in [-0.2, 0) is 12.6 Å². The highest BCUT2D eigenvalue weighted by Gasteiger charge is 2.38. The summed E-state index contributed by atoms with van der Waals surface area (Å²) in [6, 6.07) is 15.1. The molecule has 0 bridgehead atoms.